The molecule has 0 fully saturated rings. The number of halogens is 2. The van der Waals surface area contributed by atoms with Crippen LogP contribution in [0.5, 0.6) is 0 Å². The van der Waals surface area contributed by atoms with Crippen molar-refractivity contribution in [3.63, 3.8) is 0 Å². The van der Waals surface area contributed by atoms with Crippen LogP contribution in [-0.2, 0) is 0 Å². The Labute approximate surface area is 82.0 Å². The average Bonchev–Trinajstić information content (AvgIpc) is 2.04. The first-order chi connectivity index (χ1) is 6.16. The second-order valence-corrected chi connectivity index (χ2v) is 3.17. The van der Waals surface area contributed by atoms with E-state index >= 15 is 0 Å². The summed E-state index contributed by atoms with van der Waals surface area (Å²) < 4.78 is 13.2. The Morgan fingerprint density at radius 2 is 2.31 bits per heavy atom. The second-order valence-electron chi connectivity index (χ2n) is 2.77. The molecule has 3 heteroatoms. The van der Waals surface area contributed by atoms with Crippen molar-refractivity contribution in [1.82, 2.24) is 0 Å². The molecule has 0 aliphatic rings. The fourth-order valence-electron chi connectivity index (χ4n) is 1.16. The average molecular weight is 200 g/mol. The monoisotopic (exact) mass is 199 g/mol. The minimum Gasteiger partial charge on any atom is -0.324 e. The highest BCUT2D eigenvalue weighted by atomic mass is 35.5. The molecule has 0 amide bonds. The summed E-state index contributed by atoms with van der Waals surface area (Å²) in [7, 11) is 0. The Morgan fingerprint density at radius 3 is 2.85 bits per heavy atom. The van der Waals surface area contributed by atoms with Crippen LogP contribution in [-0.4, -0.2) is 0 Å². The van der Waals surface area contributed by atoms with Crippen LogP contribution >= 0.6 is 11.6 Å². The van der Waals surface area contributed by atoms with Gasteiger partial charge in [-0.05, 0) is 18.6 Å². The molecule has 0 aliphatic heterocycles. The highest BCUT2D eigenvalue weighted by Gasteiger charge is 2.13. The summed E-state index contributed by atoms with van der Waals surface area (Å²) in [6.07, 6.45) is 2.16. The van der Waals surface area contributed by atoms with Gasteiger partial charge in [-0.15, -0.1) is 6.58 Å². The van der Waals surface area contributed by atoms with E-state index < -0.39 is 6.04 Å². The van der Waals surface area contributed by atoms with Crippen molar-refractivity contribution < 1.29 is 4.39 Å². The summed E-state index contributed by atoms with van der Waals surface area (Å²) in [6, 6.07) is 4.13. The van der Waals surface area contributed by atoms with Gasteiger partial charge in [0.2, 0.25) is 0 Å². The Balaban J connectivity index is 3.04. The van der Waals surface area contributed by atoms with E-state index in [-0.39, 0.29) is 5.82 Å². The van der Waals surface area contributed by atoms with Crippen LogP contribution in [0.15, 0.2) is 30.9 Å². The molecule has 1 atom stereocenters. The van der Waals surface area contributed by atoms with Crippen molar-refractivity contribution in [3.8, 4) is 0 Å². The van der Waals surface area contributed by atoms with E-state index in [1.807, 2.05) is 0 Å². The fraction of sp³-hybridized carbons (Fsp3) is 0.200. The Hall–Kier alpha value is -0.860. The van der Waals surface area contributed by atoms with Crippen LogP contribution in [0.3, 0.4) is 0 Å². The third-order valence-electron chi connectivity index (χ3n) is 1.79. The molecule has 0 saturated heterocycles. The molecule has 1 aromatic rings. The first-order valence-electron chi connectivity index (χ1n) is 3.97. The zero-order valence-corrected chi connectivity index (χ0v) is 7.89. The fourth-order valence-corrected chi connectivity index (χ4v) is 1.47. The molecule has 1 rings (SSSR count). The maximum atomic E-state index is 13.2. The van der Waals surface area contributed by atoms with Crippen molar-refractivity contribution in [3.05, 3.63) is 47.3 Å². The number of hydrogen-bond acceptors (Lipinski definition) is 1. The summed E-state index contributed by atoms with van der Waals surface area (Å²) in [6.45, 7) is 3.54. The van der Waals surface area contributed by atoms with Crippen LogP contribution in [0, 0.1) is 5.82 Å². The summed E-state index contributed by atoms with van der Waals surface area (Å²) >= 11 is 5.81. The van der Waals surface area contributed by atoms with Gasteiger partial charge >= 0.3 is 0 Å². The molecule has 0 unspecified atom stereocenters. The largest absolute Gasteiger partial charge is 0.324 e. The number of hydrogen-bond donors (Lipinski definition) is 1. The topological polar surface area (TPSA) is 26.0 Å². The van der Waals surface area contributed by atoms with Gasteiger partial charge in [-0.2, -0.15) is 0 Å². The van der Waals surface area contributed by atoms with E-state index in [0.717, 1.165) is 0 Å². The van der Waals surface area contributed by atoms with Crippen LogP contribution < -0.4 is 5.73 Å². The van der Waals surface area contributed by atoms with Crippen LogP contribution in [0.4, 0.5) is 4.39 Å². The van der Waals surface area contributed by atoms with E-state index in [2.05, 4.69) is 6.58 Å². The molecular formula is C10H11ClFN. The first kappa shape index (κ1) is 10.2. The van der Waals surface area contributed by atoms with E-state index in [4.69, 9.17) is 17.3 Å². The summed E-state index contributed by atoms with van der Waals surface area (Å²) in [5.41, 5.74) is 6.08. The smallest absolute Gasteiger partial charge is 0.129 e. The Bertz CT molecular complexity index is 292. The van der Waals surface area contributed by atoms with Crippen molar-refractivity contribution in [1.29, 1.82) is 0 Å². The number of benzene rings is 1. The van der Waals surface area contributed by atoms with Crippen LogP contribution in [0.2, 0.25) is 5.02 Å². The van der Waals surface area contributed by atoms with E-state index in [1.54, 1.807) is 18.2 Å². The molecule has 0 bridgehead atoms. The summed E-state index contributed by atoms with van der Waals surface area (Å²) in [4.78, 5) is 0. The highest BCUT2D eigenvalue weighted by molar-refractivity contribution is 6.31. The SMILES string of the molecule is C=CC[C@@H](N)c1c(F)cccc1Cl. The van der Waals surface area contributed by atoms with Gasteiger partial charge in [0.15, 0.2) is 0 Å². The third-order valence-corrected chi connectivity index (χ3v) is 2.12. The lowest BCUT2D eigenvalue weighted by Gasteiger charge is -2.11. The molecular weight excluding hydrogens is 189 g/mol. The molecule has 0 saturated carbocycles. The van der Waals surface area contributed by atoms with Gasteiger partial charge in [0, 0.05) is 16.6 Å². The summed E-state index contributed by atoms with van der Waals surface area (Å²) in [5.74, 6) is -0.359. The normalized spacial score (nSPS) is 12.5. The molecule has 1 aromatic carbocycles. The lowest BCUT2D eigenvalue weighted by molar-refractivity contribution is 0.584. The van der Waals surface area contributed by atoms with Gasteiger partial charge in [-0.25, -0.2) is 4.39 Å². The molecule has 0 radical (unpaired) electrons. The molecule has 0 aliphatic carbocycles. The van der Waals surface area contributed by atoms with Gasteiger partial charge in [0.05, 0.1) is 0 Å². The van der Waals surface area contributed by atoms with Crippen molar-refractivity contribution in [2.24, 2.45) is 5.73 Å². The molecule has 0 heterocycles. The van der Waals surface area contributed by atoms with Gasteiger partial charge in [-0.3, -0.25) is 0 Å². The van der Waals surface area contributed by atoms with E-state index in [1.165, 1.54) is 6.07 Å². The van der Waals surface area contributed by atoms with E-state index in [9.17, 15) is 4.39 Å². The van der Waals surface area contributed by atoms with E-state index in [0.29, 0.717) is 17.0 Å². The maximum Gasteiger partial charge on any atom is 0.129 e. The lowest BCUT2D eigenvalue weighted by Crippen LogP contribution is -2.11. The first-order valence-corrected chi connectivity index (χ1v) is 4.35. The molecule has 0 spiro atoms. The number of rotatable bonds is 3. The quantitative estimate of drug-likeness (QED) is 0.744. The van der Waals surface area contributed by atoms with Crippen molar-refractivity contribution in [2.45, 2.75) is 12.5 Å². The molecule has 13 heavy (non-hydrogen) atoms. The Morgan fingerprint density at radius 1 is 1.62 bits per heavy atom. The van der Waals surface area contributed by atoms with Gasteiger partial charge in [0.25, 0.3) is 0 Å². The standard InChI is InChI=1S/C10H11ClFN/c1-2-4-9(13)10-7(11)5-3-6-8(10)12/h2-3,5-6,9H,1,4,13H2/t9-/m1/s1. The Kier molecular flexibility index (Phi) is 3.46. The molecule has 2 N–H and O–H groups in total. The molecule has 70 valence electrons. The van der Waals surface area contributed by atoms with Crippen LogP contribution in [0.1, 0.15) is 18.0 Å². The number of nitrogens with two attached hydrogens (primary N) is 1. The van der Waals surface area contributed by atoms with Gasteiger partial charge in [-0.1, -0.05) is 23.7 Å². The predicted octanol–water partition coefficient (Wildman–Crippen LogP) is 3.06. The minimum atomic E-state index is -0.411. The minimum absolute atomic E-state index is 0.359. The van der Waals surface area contributed by atoms with Crippen LogP contribution in [0.25, 0.3) is 0 Å². The van der Waals surface area contributed by atoms with Gasteiger partial charge < -0.3 is 5.73 Å². The second kappa shape index (κ2) is 4.40. The van der Waals surface area contributed by atoms with Gasteiger partial charge in [0.1, 0.15) is 5.82 Å². The molecule has 0 aromatic heterocycles. The zero-order valence-electron chi connectivity index (χ0n) is 7.13. The summed E-state index contributed by atoms with van der Waals surface area (Å²) in [5, 5.41) is 0.370. The predicted molar refractivity (Wildman–Crippen MR) is 53.2 cm³/mol. The lowest BCUT2D eigenvalue weighted by atomic mass is 10.0. The maximum absolute atomic E-state index is 13.2. The highest BCUT2D eigenvalue weighted by Crippen LogP contribution is 2.26. The van der Waals surface area contributed by atoms with Crippen molar-refractivity contribution in [2.75, 3.05) is 0 Å². The third kappa shape index (κ3) is 2.29. The van der Waals surface area contributed by atoms with Crippen molar-refractivity contribution >= 4 is 11.6 Å². The molecule has 1 nitrogen and oxygen atoms in total. The zero-order chi connectivity index (χ0) is 9.84.